The van der Waals surface area contributed by atoms with Crippen LogP contribution in [0.3, 0.4) is 0 Å². The first-order valence-corrected chi connectivity index (χ1v) is 9.70. The van der Waals surface area contributed by atoms with Crippen LogP contribution in [0.15, 0.2) is 48.7 Å². The van der Waals surface area contributed by atoms with Gasteiger partial charge in [0.15, 0.2) is 0 Å². The molecule has 4 nitrogen and oxygen atoms in total. The van der Waals surface area contributed by atoms with Crippen molar-refractivity contribution in [3.63, 3.8) is 0 Å². The number of hydrogen-bond donors (Lipinski definition) is 0. The summed E-state index contributed by atoms with van der Waals surface area (Å²) in [6.07, 6.45) is 5.23. The van der Waals surface area contributed by atoms with Crippen LogP contribution in [-0.2, 0) is 22.5 Å². The number of rotatable bonds is 4. The Balaban J connectivity index is 1.45. The van der Waals surface area contributed by atoms with Gasteiger partial charge in [0.05, 0.1) is 43.5 Å². The topological polar surface area (TPSA) is 34.6 Å². The standard InChI is InChI=1S/C20H21IN2O2/c21-19-6-7-20-18(19)10-16(11-22-20)23-8-9-24-14-17(12-23)25-13-15-4-2-1-3-5-15/h1-6,10-11,17H,7-9,12-14H2. The molecule has 25 heavy (non-hydrogen) atoms. The molecule has 1 aliphatic heterocycles. The number of allylic oxidation sites excluding steroid dienone is 1. The van der Waals surface area contributed by atoms with Crippen LogP contribution in [0.2, 0.25) is 0 Å². The SMILES string of the molecule is IC1=CCc2ncc(N3CCOCC(OCc4ccccc4)C3)cc21. The summed E-state index contributed by atoms with van der Waals surface area (Å²) in [5.41, 5.74) is 4.79. The minimum Gasteiger partial charge on any atom is -0.377 e. The zero-order valence-electron chi connectivity index (χ0n) is 14.0. The van der Waals surface area contributed by atoms with Crippen LogP contribution in [0.1, 0.15) is 16.8 Å². The number of nitrogens with zero attached hydrogens (tertiary/aromatic N) is 2. The Kier molecular flexibility index (Phi) is 5.33. The average Bonchev–Trinajstić information content (AvgIpc) is 2.87. The summed E-state index contributed by atoms with van der Waals surface area (Å²) in [6, 6.07) is 12.5. The van der Waals surface area contributed by atoms with E-state index in [4.69, 9.17) is 9.47 Å². The van der Waals surface area contributed by atoms with E-state index in [-0.39, 0.29) is 6.10 Å². The van der Waals surface area contributed by atoms with E-state index in [9.17, 15) is 0 Å². The lowest BCUT2D eigenvalue weighted by atomic mass is 10.2. The monoisotopic (exact) mass is 448 g/mol. The van der Waals surface area contributed by atoms with Crippen molar-refractivity contribution in [3.8, 4) is 0 Å². The van der Waals surface area contributed by atoms with Crippen LogP contribution in [0, 0.1) is 0 Å². The van der Waals surface area contributed by atoms with Crippen molar-refractivity contribution < 1.29 is 9.47 Å². The molecule has 0 spiro atoms. The molecule has 1 aromatic heterocycles. The van der Waals surface area contributed by atoms with Crippen LogP contribution in [0.25, 0.3) is 3.58 Å². The Morgan fingerprint density at radius 2 is 2.16 bits per heavy atom. The lowest BCUT2D eigenvalue weighted by Gasteiger charge is -2.26. The lowest BCUT2D eigenvalue weighted by molar-refractivity contribution is -0.00795. The molecular formula is C20H21IN2O2. The second-order valence-corrected chi connectivity index (χ2v) is 7.55. The highest BCUT2D eigenvalue weighted by atomic mass is 127. The van der Waals surface area contributed by atoms with Gasteiger partial charge in [-0.2, -0.15) is 0 Å². The Hall–Kier alpha value is -1.44. The van der Waals surface area contributed by atoms with Gasteiger partial charge in [0.2, 0.25) is 0 Å². The Morgan fingerprint density at radius 1 is 1.28 bits per heavy atom. The van der Waals surface area contributed by atoms with Crippen LogP contribution in [-0.4, -0.2) is 37.4 Å². The molecule has 0 bridgehead atoms. The van der Waals surface area contributed by atoms with E-state index in [0.29, 0.717) is 13.2 Å². The van der Waals surface area contributed by atoms with Gasteiger partial charge in [0.25, 0.3) is 0 Å². The average molecular weight is 448 g/mol. The van der Waals surface area contributed by atoms with E-state index < -0.39 is 0 Å². The molecule has 2 heterocycles. The number of hydrogen-bond acceptors (Lipinski definition) is 4. The number of benzene rings is 1. The van der Waals surface area contributed by atoms with E-state index in [1.807, 2.05) is 24.4 Å². The van der Waals surface area contributed by atoms with Crippen molar-refractivity contribution >= 4 is 31.9 Å². The van der Waals surface area contributed by atoms with Gasteiger partial charge in [0, 0.05) is 28.7 Å². The number of halogens is 1. The van der Waals surface area contributed by atoms with E-state index in [1.54, 1.807) is 0 Å². The second-order valence-electron chi connectivity index (χ2n) is 6.38. The van der Waals surface area contributed by atoms with E-state index in [0.717, 1.165) is 31.8 Å². The molecule has 2 aliphatic rings. The van der Waals surface area contributed by atoms with Crippen molar-refractivity contribution in [2.75, 3.05) is 31.2 Å². The predicted molar refractivity (Wildman–Crippen MR) is 108 cm³/mol. The summed E-state index contributed by atoms with van der Waals surface area (Å²) in [5, 5.41) is 0. The fourth-order valence-electron chi connectivity index (χ4n) is 3.22. The predicted octanol–water partition coefficient (Wildman–Crippen LogP) is 3.84. The molecule has 1 aromatic carbocycles. The number of ether oxygens (including phenoxy) is 2. The fourth-order valence-corrected chi connectivity index (χ4v) is 3.91. The van der Waals surface area contributed by atoms with Gasteiger partial charge in [-0.25, -0.2) is 0 Å². The van der Waals surface area contributed by atoms with Gasteiger partial charge in [-0.15, -0.1) is 0 Å². The molecular weight excluding hydrogens is 427 g/mol. The molecule has 1 aliphatic carbocycles. The summed E-state index contributed by atoms with van der Waals surface area (Å²) in [6.45, 7) is 3.67. The Morgan fingerprint density at radius 3 is 3.04 bits per heavy atom. The van der Waals surface area contributed by atoms with Gasteiger partial charge in [-0.1, -0.05) is 36.4 Å². The first-order chi connectivity index (χ1) is 12.3. The number of fused-ring (bicyclic) bond motifs is 1. The van der Waals surface area contributed by atoms with E-state index in [2.05, 4.69) is 56.7 Å². The summed E-state index contributed by atoms with van der Waals surface area (Å²) in [5.74, 6) is 0. The first-order valence-electron chi connectivity index (χ1n) is 8.63. The van der Waals surface area contributed by atoms with E-state index in [1.165, 1.54) is 20.4 Å². The smallest absolute Gasteiger partial charge is 0.0987 e. The minimum absolute atomic E-state index is 0.0607. The van der Waals surface area contributed by atoms with Crippen molar-refractivity contribution in [1.82, 2.24) is 4.98 Å². The summed E-state index contributed by atoms with van der Waals surface area (Å²) in [4.78, 5) is 6.99. The van der Waals surface area contributed by atoms with Crippen LogP contribution >= 0.6 is 22.6 Å². The normalized spacial score (nSPS) is 20.1. The van der Waals surface area contributed by atoms with Gasteiger partial charge < -0.3 is 14.4 Å². The van der Waals surface area contributed by atoms with Crippen molar-refractivity contribution in [2.45, 2.75) is 19.1 Å². The molecule has 2 aromatic rings. The van der Waals surface area contributed by atoms with Crippen LogP contribution in [0.5, 0.6) is 0 Å². The third kappa shape index (κ3) is 4.04. The van der Waals surface area contributed by atoms with Crippen LogP contribution in [0.4, 0.5) is 5.69 Å². The molecule has 1 saturated heterocycles. The maximum atomic E-state index is 6.11. The number of aromatic nitrogens is 1. The molecule has 1 unspecified atom stereocenters. The van der Waals surface area contributed by atoms with Crippen molar-refractivity contribution in [2.24, 2.45) is 0 Å². The van der Waals surface area contributed by atoms with Crippen molar-refractivity contribution in [1.29, 1.82) is 0 Å². The molecule has 1 fully saturated rings. The Bertz CT molecular complexity index is 764. The minimum atomic E-state index is 0.0607. The molecule has 5 heteroatoms. The molecule has 130 valence electrons. The highest BCUT2D eigenvalue weighted by molar-refractivity contribution is 14.1. The highest BCUT2D eigenvalue weighted by Gasteiger charge is 2.22. The molecule has 0 N–H and O–H groups in total. The number of pyridine rings is 1. The summed E-state index contributed by atoms with van der Waals surface area (Å²) in [7, 11) is 0. The first kappa shape index (κ1) is 17.0. The second kappa shape index (κ2) is 7.85. The quantitative estimate of drug-likeness (QED) is 0.667. The molecule has 4 rings (SSSR count). The maximum absolute atomic E-state index is 6.11. The van der Waals surface area contributed by atoms with Gasteiger partial charge >= 0.3 is 0 Å². The highest BCUT2D eigenvalue weighted by Crippen LogP contribution is 2.33. The molecule has 0 radical (unpaired) electrons. The van der Waals surface area contributed by atoms with Gasteiger partial charge in [-0.05, 0) is 34.2 Å². The Labute approximate surface area is 162 Å². The molecule has 0 saturated carbocycles. The van der Waals surface area contributed by atoms with Crippen LogP contribution < -0.4 is 4.90 Å². The maximum Gasteiger partial charge on any atom is 0.0987 e. The number of anilines is 1. The molecule has 1 atom stereocenters. The molecule has 0 amide bonds. The lowest BCUT2D eigenvalue weighted by Crippen LogP contribution is -2.34. The third-order valence-electron chi connectivity index (χ3n) is 4.61. The summed E-state index contributed by atoms with van der Waals surface area (Å²) < 4.78 is 13.2. The zero-order valence-corrected chi connectivity index (χ0v) is 16.2. The van der Waals surface area contributed by atoms with Gasteiger partial charge in [0.1, 0.15) is 0 Å². The largest absolute Gasteiger partial charge is 0.377 e. The fraction of sp³-hybridized carbons (Fsp3) is 0.350. The zero-order chi connectivity index (χ0) is 17.1. The van der Waals surface area contributed by atoms with E-state index >= 15 is 0 Å². The van der Waals surface area contributed by atoms with Crippen molar-refractivity contribution in [3.05, 3.63) is 65.5 Å². The third-order valence-corrected chi connectivity index (χ3v) is 5.64. The summed E-state index contributed by atoms with van der Waals surface area (Å²) >= 11 is 2.40. The van der Waals surface area contributed by atoms with Gasteiger partial charge in [-0.3, -0.25) is 4.98 Å².